The number of amides is 2. The van der Waals surface area contributed by atoms with Crippen LogP contribution in [-0.2, 0) is 14.3 Å². The van der Waals surface area contributed by atoms with Crippen LogP contribution in [-0.4, -0.2) is 74.2 Å². The van der Waals surface area contributed by atoms with Crippen molar-refractivity contribution in [2.45, 2.75) is 38.5 Å². The number of alkyl halides is 2. The van der Waals surface area contributed by atoms with Gasteiger partial charge in [0, 0.05) is 25.2 Å². The Morgan fingerprint density at radius 1 is 1.31 bits per heavy atom. The number of rotatable bonds is 10. The van der Waals surface area contributed by atoms with Crippen molar-refractivity contribution in [3.8, 4) is 23.0 Å². The zero-order valence-corrected chi connectivity index (χ0v) is 22.2. The number of piperazine rings is 1. The molecule has 1 aliphatic heterocycles. The van der Waals surface area contributed by atoms with Gasteiger partial charge in [-0.25, -0.2) is 4.98 Å². The molecule has 2 fully saturated rings. The van der Waals surface area contributed by atoms with E-state index in [-0.39, 0.29) is 54.3 Å². The van der Waals surface area contributed by atoms with Crippen molar-refractivity contribution < 1.29 is 41.8 Å². The van der Waals surface area contributed by atoms with Crippen LogP contribution in [0, 0.1) is 5.92 Å². The van der Waals surface area contributed by atoms with Gasteiger partial charge in [-0.2, -0.15) is 8.78 Å². The Bertz CT molecular complexity index is 1130. The zero-order chi connectivity index (χ0) is 27.8. The first-order valence-corrected chi connectivity index (χ1v) is 11.9. The fourth-order valence-electron chi connectivity index (χ4n) is 3.69. The molecule has 0 bridgehead atoms. The van der Waals surface area contributed by atoms with E-state index < -0.39 is 30.5 Å². The third kappa shape index (κ3) is 8.50. The fourth-order valence-corrected chi connectivity index (χ4v) is 3.69. The van der Waals surface area contributed by atoms with Gasteiger partial charge in [0.05, 0.1) is 19.8 Å². The topological polar surface area (TPSA) is 172 Å². The molecule has 1 saturated carbocycles. The molecule has 1 aromatic carbocycles. The monoisotopic (exact) mass is 575 g/mol. The van der Waals surface area contributed by atoms with Crippen molar-refractivity contribution in [2.24, 2.45) is 17.4 Å². The minimum absolute atomic E-state index is 0. The second-order valence-electron chi connectivity index (χ2n) is 8.77. The van der Waals surface area contributed by atoms with Gasteiger partial charge in [-0.15, -0.1) is 12.4 Å². The number of ether oxygens (including phenoxy) is 3. The Kier molecular flexibility index (Phi) is 11.9. The van der Waals surface area contributed by atoms with Crippen molar-refractivity contribution in [1.29, 1.82) is 0 Å². The number of nitrogens with two attached hydrogens (primary N) is 2. The van der Waals surface area contributed by atoms with E-state index in [4.69, 9.17) is 25.4 Å². The predicted octanol–water partition coefficient (Wildman–Crippen LogP) is 1.86. The van der Waals surface area contributed by atoms with Gasteiger partial charge in [0.1, 0.15) is 6.04 Å². The highest BCUT2D eigenvalue weighted by atomic mass is 35.5. The SMILES string of the molecule is CC(N)c1oc(-c2ccc(OC(F)F)c(OCC3CC3)c2)nc1C(=O)N1CCNCC1C(N)=O.COC=O.Cl. The largest absolute Gasteiger partial charge is 0.489 e. The number of oxazole rings is 1. The van der Waals surface area contributed by atoms with Gasteiger partial charge >= 0.3 is 6.61 Å². The molecule has 2 amide bonds. The highest BCUT2D eigenvalue weighted by Gasteiger charge is 2.35. The van der Waals surface area contributed by atoms with E-state index in [1.165, 1.54) is 30.2 Å². The van der Waals surface area contributed by atoms with Crippen LogP contribution < -0.4 is 26.3 Å². The molecule has 2 unspecified atom stereocenters. The summed E-state index contributed by atoms with van der Waals surface area (Å²) in [6, 6.07) is 2.77. The summed E-state index contributed by atoms with van der Waals surface area (Å²) in [5, 5.41) is 3.03. The quantitative estimate of drug-likeness (QED) is 0.355. The van der Waals surface area contributed by atoms with E-state index in [2.05, 4.69) is 19.8 Å². The lowest BCUT2D eigenvalue weighted by molar-refractivity contribution is -0.126. The van der Waals surface area contributed by atoms with Crippen LogP contribution in [0.2, 0.25) is 0 Å². The smallest absolute Gasteiger partial charge is 0.387 e. The Balaban J connectivity index is 0.000000998. The number of carbonyl (C=O) groups excluding carboxylic acids is 3. The lowest BCUT2D eigenvalue weighted by atomic mass is 10.1. The molecule has 0 spiro atoms. The summed E-state index contributed by atoms with van der Waals surface area (Å²) in [7, 11) is 1.31. The lowest BCUT2D eigenvalue weighted by Gasteiger charge is -2.33. The minimum atomic E-state index is -3.01. The van der Waals surface area contributed by atoms with Crippen molar-refractivity contribution in [3.63, 3.8) is 0 Å². The number of carbonyl (C=O) groups is 3. The normalized spacial score (nSPS) is 17.3. The molecule has 12 nitrogen and oxygen atoms in total. The fraction of sp³-hybridized carbons (Fsp3) is 0.500. The predicted molar refractivity (Wildman–Crippen MR) is 137 cm³/mol. The molecule has 1 saturated heterocycles. The van der Waals surface area contributed by atoms with E-state index in [9.17, 15) is 18.4 Å². The van der Waals surface area contributed by atoms with Gasteiger partial charge in [0.15, 0.2) is 23.0 Å². The summed E-state index contributed by atoms with van der Waals surface area (Å²) in [5.41, 5.74) is 11.8. The molecule has 2 aromatic rings. The van der Waals surface area contributed by atoms with Crippen LogP contribution in [0.5, 0.6) is 11.5 Å². The molecule has 2 atom stereocenters. The van der Waals surface area contributed by atoms with Gasteiger partial charge in [0.25, 0.3) is 12.4 Å². The maximum atomic E-state index is 13.3. The number of methoxy groups -OCH3 is 1. The average Bonchev–Trinajstić information content (AvgIpc) is 3.62. The highest BCUT2D eigenvalue weighted by Crippen LogP contribution is 2.37. The van der Waals surface area contributed by atoms with Crippen LogP contribution in [0.1, 0.15) is 42.1 Å². The van der Waals surface area contributed by atoms with Crippen LogP contribution in [0.3, 0.4) is 0 Å². The number of primary amides is 1. The standard InChI is InChI=1S/C22H27F2N5O5.C2H4O2.ClH/c1-11(25)18-17(21(31)29-7-6-27-9-14(29)19(26)30)28-20(34-18)13-4-5-15(33-22(23)24)16(8-13)32-10-12-2-3-12;1-4-2-3;/h4-5,8,11-12,14,22,27H,2-3,6-7,9-10,25H2,1H3,(H2,26,30);2H,1H3;1H. The van der Waals surface area contributed by atoms with E-state index in [1.54, 1.807) is 6.92 Å². The highest BCUT2D eigenvalue weighted by molar-refractivity contribution is 5.97. The summed E-state index contributed by atoms with van der Waals surface area (Å²) < 4.78 is 45.6. The number of nitrogens with one attached hydrogen (secondary N) is 1. The van der Waals surface area contributed by atoms with Crippen LogP contribution >= 0.6 is 12.4 Å². The van der Waals surface area contributed by atoms with Crippen LogP contribution in [0.15, 0.2) is 22.6 Å². The number of benzene rings is 1. The molecule has 39 heavy (non-hydrogen) atoms. The van der Waals surface area contributed by atoms with Crippen molar-refractivity contribution in [1.82, 2.24) is 15.2 Å². The second kappa shape index (κ2) is 14.6. The second-order valence-corrected chi connectivity index (χ2v) is 8.77. The zero-order valence-electron chi connectivity index (χ0n) is 21.4. The van der Waals surface area contributed by atoms with Crippen LogP contribution in [0.25, 0.3) is 11.5 Å². The van der Waals surface area contributed by atoms with Gasteiger partial charge in [-0.1, -0.05) is 0 Å². The maximum absolute atomic E-state index is 13.3. The Labute approximate surface area is 229 Å². The molecule has 15 heteroatoms. The number of nitrogens with zero attached hydrogens (tertiary/aromatic N) is 2. The first-order valence-electron chi connectivity index (χ1n) is 11.9. The summed E-state index contributed by atoms with van der Waals surface area (Å²) in [6.45, 7) is 0.344. The Hall–Kier alpha value is -3.49. The molecular weight excluding hydrogens is 544 g/mol. The van der Waals surface area contributed by atoms with Gasteiger partial charge in [-0.3, -0.25) is 14.4 Å². The number of hydrogen-bond donors (Lipinski definition) is 3. The third-order valence-electron chi connectivity index (χ3n) is 5.78. The molecule has 4 rings (SSSR count). The first-order chi connectivity index (χ1) is 18.2. The third-order valence-corrected chi connectivity index (χ3v) is 5.78. The van der Waals surface area contributed by atoms with E-state index >= 15 is 0 Å². The number of aromatic nitrogens is 1. The minimum Gasteiger partial charge on any atom is -0.489 e. The molecule has 1 aromatic heterocycles. The van der Waals surface area contributed by atoms with Crippen molar-refractivity contribution in [3.05, 3.63) is 29.7 Å². The summed E-state index contributed by atoms with van der Waals surface area (Å²) >= 11 is 0. The number of halogens is 3. The van der Waals surface area contributed by atoms with E-state index in [0.29, 0.717) is 31.1 Å². The molecule has 1 aliphatic carbocycles. The van der Waals surface area contributed by atoms with Crippen molar-refractivity contribution >= 4 is 30.7 Å². The molecule has 2 aliphatic rings. The molecule has 2 heterocycles. The Morgan fingerprint density at radius 3 is 2.56 bits per heavy atom. The molecule has 216 valence electrons. The van der Waals surface area contributed by atoms with E-state index in [1.807, 2.05) is 0 Å². The van der Waals surface area contributed by atoms with Gasteiger partial charge in [-0.05, 0) is 43.9 Å². The first kappa shape index (κ1) is 31.7. The van der Waals surface area contributed by atoms with E-state index in [0.717, 1.165) is 12.8 Å². The lowest BCUT2D eigenvalue weighted by Crippen LogP contribution is -2.58. The number of hydrogen-bond acceptors (Lipinski definition) is 10. The summed E-state index contributed by atoms with van der Waals surface area (Å²) in [5.74, 6) is -0.588. The van der Waals surface area contributed by atoms with Crippen molar-refractivity contribution in [2.75, 3.05) is 33.4 Å². The van der Waals surface area contributed by atoms with Gasteiger partial charge < -0.3 is 40.3 Å². The Morgan fingerprint density at radius 2 is 2.00 bits per heavy atom. The average molecular weight is 576 g/mol. The van der Waals surface area contributed by atoms with Crippen LogP contribution in [0.4, 0.5) is 8.78 Å². The molecule has 0 radical (unpaired) electrons. The molecule has 5 N–H and O–H groups in total. The maximum Gasteiger partial charge on any atom is 0.387 e. The summed E-state index contributed by atoms with van der Waals surface area (Å²) in [6.07, 6.45) is 2.04. The summed E-state index contributed by atoms with van der Waals surface area (Å²) in [4.78, 5) is 39.8. The van der Waals surface area contributed by atoms with Gasteiger partial charge in [0.2, 0.25) is 11.8 Å². The molecular formula is C24H32ClF2N5O7.